The summed E-state index contributed by atoms with van der Waals surface area (Å²) in [5.74, 6) is -2.18. The van der Waals surface area contributed by atoms with E-state index in [1.165, 1.54) is 12.1 Å². The van der Waals surface area contributed by atoms with Crippen molar-refractivity contribution < 1.29 is 23.5 Å². The van der Waals surface area contributed by atoms with Crippen molar-refractivity contribution in [3.63, 3.8) is 0 Å². The van der Waals surface area contributed by atoms with E-state index in [0.29, 0.717) is 34.7 Å². The van der Waals surface area contributed by atoms with Gasteiger partial charge in [0.25, 0.3) is 17.6 Å². The lowest BCUT2D eigenvalue weighted by molar-refractivity contribution is -0.120. The number of hydrogen-bond donors (Lipinski definition) is 2. The van der Waals surface area contributed by atoms with Crippen LogP contribution in [-0.4, -0.2) is 40.9 Å². The Morgan fingerprint density at radius 3 is 2.43 bits per heavy atom. The molecule has 1 aromatic carbocycles. The first-order valence-corrected chi connectivity index (χ1v) is 12.3. The molecule has 2 amide bonds. The second-order valence-electron chi connectivity index (χ2n) is 9.52. The van der Waals surface area contributed by atoms with Gasteiger partial charge in [0.2, 0.25) is 0 Å². The van der Waals surface area contributed by atoms with Crippen LogP contribution in [0.25, 0.3) is 0 Å². The molecular formula is C27H36FN3O4. The van der Waals surface area contributed by atoms with E-state index in [4.69, 9.17) is 4.74 Å². The molecule has 2 aromatic rings. The zero-order valence-electron chi connectivity index (χ0n) is 21.3. The van der Waals surface area contributed by atoms with E-state index < -0.39 is 23.2 Å². The number of aromatic nitrogens is 1. The Balaban J connectivity index is 1.77. The highest BCUT2D eigenvalue weighted by Gasteiger charge is 2.35. The van der Waals surface area contributed by atoms with Gasteiger partial charge in [-0.2, -0.15) is 0 Å². The molecule has 190 valence electrons. The molecule has 0 saturated heterocycles. The first kappa shape index (κ1) is 26.6. The predicted octanol–water partition coefficient (Wildman–Crippen LogP) is 4.77. The molecule has 35 heavy (non-hydrogen) atoms. The SMILES string of the molecule is CCCOC1(CNC(=O)C(=O)c2c(C)c(C(=O)Nc3ccc(F)c(C)c3)c(C)n2C)CCCCC1. The van der Waals surface area contributed by atoms with Crippen LogP contribution in [-0.2, 0) is 16.6 Å². The van der Waals surface area contributed by atoms with E-state index in [9.17, 15) is 18.8 Å². The lowest BCUT2D eigenvalue weighted by Gasteiger charge is -2.37. The molecule has 0 bridgehead atoms. The molecule has 2 N–H and O–H groups in total. The van der Waals surface area contributed by atoms with Gasteiger partial charge in [0.1, 0.15) is 5.82 Å². The average Bonchev–Trinajstić information content (AvgIpc) is 3.06. The number of ketones is 1. The van der Waals surface area contributed by atoms with Crippen LogP contribution in [0.1, 0.15) is 83.1 Å². The van der Waals surface area contributed by atoms with Crippen LogP contribution in [0.3, 0.4) is 0 Å². The lowest BCUT2D eigenvalue weighted by Crippen LogP contribution is -2.48. The number of benzene rings is 1. The summed E-state index contributed by atoms with van der Waals surface area (Å²) in [7, 11) is 1.66. The number of nitrogens with one attached hydrogen (secondary N) is 2. The molecule has 1 aliphatic carbocycles. The number of aryl methyl sites for hydroxylation is 1. The highest BCUT2D eigenvalue weighted by Crippen LogP contribution is 2.31. The van der Waals surface area contributed by atoms with Gasteiger partial charge in [0.15, 0.2) is 0 Å². The number of carbonyl (C=O) groups excluding carboxylic acids is 3. The quantitative estimate of drug-likeness (QED) is 0.396. The van der Waals surface area contributed by atoms with E-state index in [1.54, 1.807) is 38.5 Å². The molecule has 1 saturated carbocycles. The minimum absolute atomic E-state index is 0.174. The number of rotatable bonds is 9. The summed E-state index contributed by atoms with van der Waals surface area (Å²) < 4.78 is 21.3. The molecule has 1 heterocycles. The van der Waals surface area contributed by atoms with Gasteiger partial charge in [0.05, 0.1) is 16.9 Å². The standard InChI is InChI=1S/C27H36FN3O4/c1-6-14-35-27(12-8-7-9-13-27)16-29-26(34)24(32)23-18(3)22(19(4)31(23)5)25(33)30-20-10-11-21(28)17(2)15-20/h10-11,15H,6-9,12-14,16H2,1-5H3,(H,29,34)(H,30,33). The molecule has 3 rings (SSSR count). The molecular weight excluding hydrogens is 449 g/mol. The van der Waals surface area contributed by atoms with Gasteiger partial charge in [-0.1, -0.05) is 26.2 Å². The summed E-state index contributed by atoms with van der Waals surface area (Å²) in [6, 6.07) is 4.31. The van der Waals surface area contributed by atoms with Crippen LogP contribution >= 0.6 is 0 Å². The van der Waals surface area contributed by atoms with Crippen molar-refractivity contribution >= 4 is 23.3 Å². The predicted molar refractivity (Wildman–Crippen MR) is 133 cm³/mol. The van der Waals surface area contributed by atoms with Crippen molar-refractivity contribution in [1.29, 1.82) is 0 Å². The molecule has 0 unspecified atom stereocenters. The van der Waals surface area contributed by atoms with Crippen molar-refractivity contribution in [2.24, 2.45) is 7.05 Å². The Bertz CT molecular complexity index is 1120. The summed E-state index contributed by atoms with van der Waals surface area (Å²) in [5, 5.41) is 5.56. The van der Waals surface area contributed by atoms with Gasteiger partial charge in [-0.05, 0) is 69.4 Å². The molecule has 8 heteroatoms. The van der Waals surface area contributed by atoms with Crippen molar-refractivity contribution in [3.05, 3.63) is 52.1 Å². The largest absolute Gasteiger partial charge is 0.373 e. The van der Waals surface area contributed by atoms with Crippen molar-refractivity contribution in [3.8, 4) is 0 Å². The van der Waals surface area contributed by atoms with Crippen LogP contribution in [0.5, 0.6) is 0 Å². The molecule has 0 aliphatic heterocycles. The zero-order valence-corrected chi connectivity index (χ0v) is 21.3. The third-order valence-corrected chi connectivity index (χ3v) is 6.94. The van der Waals surface area contributed by atoms with Gasteiger partial charge < -0.3 is 19.9 Å². The van der Waals surface area contributed by atoms with Gasteiger partial charge in [0, 0.05) is 31.6 Å². The van der Waals surface area contributed by atoms with Gasteiger partial charge in [-0.15, -0.1) is 0 Å². The van der Waals surface area contributed by atoms with Crippen molar-refractivity contribution in [1.82, 2.24) is 9.88 Å². The molecule has 0 spiro atoms. The Hall–Kier alpha value is -3.00. The Labute approximate surface area is 206 Å². The van der Waals surface area contributed by atoms with E-state index in [2.05, 4.69) is 10.6 Å². The molecule has 1 aliphatic rings. The van der Waals surface area contributed by atoms with Gasteiger partial charge >= 0.3 is 0 Å². The van der Waals surface area contributed by atoms with Crippen molar-refractivity contribution in [2.45, 2.75) is 71.8 Å². The third kappa shape index (κ3) is 5.81. The number of halogens is 1. The van der Waals surface area contributed by atoms with Gasteiger partial charge in [-0.25, -0.2) is 4.39 Å². The minimum Gasteiger partial charge on any atom is -0.373 e. The molecule has 7 nitrogen and oxygen atoms in total. The Kier molecular flexibility index (Phi) is 8.48. The second-order valence-corrected chi connectivity index (χ2v) is 9.52. The highest BCUT2D eigenvalue weighted by atomic mass is 19.1. The first-order chi connectivity index (χ1) is 16.6. The number of amides is 2. The number of Topliss-reactive ketones (excluding diaryl/α,β-unsaturated/α-hetero) is 1. The van der Waals surface area contributed by atoms with Crippen LogP contribution < -0.4 is 10.6 Å². The maximum atomic E-state index is 13.6. The summed E-state index contributed by atoms with van der Waals surface area (Å²) in [4.78, 5) is 39.1. The average molecular weight is 486 g/mol. The van der Waals surface area contributed by atoms with Crippen molar-refractivity contribution in [2.75, 3.05) is 18.5 Å². The minimum atomic E-state index is -0.708. The Morgan fingerprint density at radius 2 is 1.80 bits per heavy atom. The van der Waals surface area contributed by atoms with E-state index in [-0.39, 0.29) is 18.1 Å². The monoisotopic (exact) mass is 485 g/mol. The maximum Gasteiger partial charge on any atom is 0.294 e. The van der Waals surface area contributed by atoms with Crippen LogP contribution in [0.2, 0.25) is 0 Å². The fourth-order valence-electron chi connectivity index (χ4n) is 4.87. The number of carbonyl (C=O) groups is 3. The molecule has 1 fully saturated rings. The summed E-state index contributed by atoms with van der Waals surface area (Å²) >= 11 is 0. The van der Waals surface area contributed by atoms with Crippen LogP contribution in [0.4, 0.5) is 10.1 Å². The number of anilines is 1. The summed E-state index contributed by atoms with van der Waals surface area (Å²) in [5.41, 5.74) is 1.92. The Morgan fingerprint density at radius 1 is 1.11 bits per heavy atom. The molecule has 1 aromatic heterocycles. The van der Waals surface area contributed by atoms with Gasteiger partial charge in [-0.3, -0.25) is 14.4 Å². The second kappa shape index (κ2) is 11.2. The maximum absolute atomic E-state index is 13.6. The summed E-state index contributed by atoms with van der Waals surface area (Å²) in [6.45, 7) is 7.95. The van der Waals surface area contributed by atoms with Crippen LogP contribution in [0, 0.1) is 26.6 Å². The number of ether oxygens (including phenoxy) is 1. The van der Waals surface area contributed by atoms with E-state index >= 15 is 0 Å². The fraction of sp³-hybridized carbons (Fsp3) is 0.519. The third-order valence-electron chi connectivity index (χ3n) is 6.94. The molecule has 0 radical (unpaired) electrons. The number of hydrogen-bond acceptors (Lipinski definition) is 4. The van der Waals surface area contributed by atoms with E-state index in [1.807, 2.05) is 6.92 Å². The summed E-state index contributed by atoms with van der Waals surface area (Å²) in [6.07, 6.45) is 5.83. The fourth-order valence-corrected chi connectivity index (χ4v) is 4.87. The molecule has 0 atom stereocenters. The number of nitrogens with zero attached hydrogens (tertiary/aromatic N) is 1. The van der Waals surface area contributed by atoms with E-state index in [0.717, 1.165) is 38.5 Å². The van der Waals surface area contributed by atoms with Crippen LogP contribution in [0.15, 0.2) is 18.2 Å². The topological polar surface area (TPSA) is 89.4 Å². The highest BCUT2D eigenvalue weighted by molar-refractivity contribution is 6.43. The zero-order chi connectivity index (χ0) is 25.8. The normalized spacial score (nSPS) is 15.0. The first-order valence-electron chi connectivity index (χ1n) is 12.3. The lowest BCUT2D eigenvalue weighted by atomic mass is 9.84. The smallest absolute Gasteiger partial charge is 0.294 e.